The van der Waals surface area contributed by atoms with Gasteiger partial charge >= 0.3 is 0 Å². The summed E-state index contributed by atoms with van der Waals surface area (Å²) < 4.78 is 0. The van der Waals surface area contributed by atoms with E-state index >= 15 is 0 Å². The topological polar surface area (TPSA) is 55.2 Å². The Bertz CT molecular complexity index is 644. The van der Waals surface area contributed by atoms with Gasteiger partial charge in [0.15, 0.2) is 0 Å². The second-order valence-corrected chi connectivity index (χ2v) is 4.89. The monoisotopic (exact) mass is 306 g/mol. The van der Waals surface area contributed by atoms with Crippen molar-refractivity contribution in [1.82, 2.24) is 5.32 Å². The molecule has 0 aliphatic carbocycles. The molecule has 0 aromatic heterocycles. The molecule has 0 unspecified atom stereocenters. The molecule has 2 aromatic rings. The lowest BCUT2D eigenvalue weighted by atomic mass is 10.2. The maximum Gasteiger partial charge on any atom is 0.269 e. The van der Waals surface area contributed by atoms with Crippen molar-refractivity contribution in [1.29, 1.82) is 0 Å². The fraction of sp³-hybridized carbons (Fsp3) is 0.0714. The first-order valence-corrected chi connectivity index (χ1v) is 6.62. The van der Waals surface area contributed by atoms with Gasteiger partial charge in [-0.2, -0.15) is 0 Å². The molecule has 0 saturated carbocycles. The minimum atomic E-state index is -0.440. The van der Waals surface area contributed by atoms with E-state index in [1.54, 1.807) is 12.1 Å². The number of nitro groups is 1. The number of non-ortho nitro benzene ring substituents is 1. The highest BCUT2D eigenvalue weighted by Gasteiger charge is 2.07. The molecule has 0 spiro atoms. The molecule has 0 aliphatic rings. The predicted molar refractivity (Wildman–Crippen MR) is 83.1 cm³/mol. The number of thiocarbonyl (C=S) groups is 1. The average Bonchev–Trinajstić information content (AvgIpc) is 2.46. The Morgan fingerprint density at radius 1 is 1.20 bits per heavy atom. The summed E-state index contributed by atoms with van der Waals surface area (Å²) in [4.78, 5) is 10.7. The minimum Gasteiger partial charge on any atom is -0.372 e. The van der Waals surface area contributed by atoms with Gasteiger partial charge in [-0.05, 0) is 23.8 Å². The van der Waals surface area contributed by atoms with E-state index in [1.807, 2.05) is 24.3 Å². The number of nitrogens with zero attached hydrogens (tertiary/aromatic N) is 1. The number of hydrogen-bond donors (Lipinski definition) is 1. The lowest BCUT2D eigenvalue weighted by Crippen LogP contribution is -2.21. The first-order valence-electron chi connectivity index (χ1n) is 5.84. The summed E-state index contributed by atoms with van der Waals surface area (Å²) in [5.41, 5.74) is 1.72. The fourth-order valence-corrected chi connectivity index (χ4v) is 2.06. The van der Waals surface area contributed by atoms with Crippen molar-refractivity contribution in [2.24, 2.45) is 0 Å². The molecule has 0 amide bonds. The molecule has 0 bridgehead atoms. The van der Waals surface area contributed by atoms with Gasteiger partial charge in [-0.15, -0.1) is 0 Å². The van der Waals surface area contributed by atoms with E-state index in [-0.39, 0.29) is 5.69 Å². The summed E-state index contributed by atoms with van der Waals surface area (Å²) in [5.74, 6) is 0. The third kappa shape index (κ3) is 3.53. The molecule has 0 heterocycles. The summed E-state index contributed by atoms with van der Waals surface area (Å²) in [5, 5.41) is 14.3. The Morgan fingerprint density at radius 2 is 1.85 bits per heavy atom. The van der Waals surface area contributed by atoms with Crippen molar-refractivity contribution in [3.8, 4) is 0 Å². The lowest BCUT2D eigenvalue weighted by molar-refractivity contribution is -0.384. The van der Waals surface area contributed by atoms with Crippen LogP contribution in [0.15, 0.2) is 48.5 Å². The summed E-state index contributed by atoms with van der Waals surface area (Å²) in [6, 6.07) is 13.6. The zero-order valence-electron chi connectivity index (χ0n) is 10.4. The van der Waals surface area contributed by atoms with Gasteiger partial charge in [0.25, 0.3) is 5.69 Å². The molecule has 0 aliphatic heterocycles. The number of nitrogens with one attached hydrogen (secondary N) is 1. The number of halogens is 1. The van der Waals surface area contributed by atoms with Crippen LogP contribution < -0.4 is 5.32 Å². The highest BCUT2D eigenvalue weighted by atomic mass is 35.5. The van der Waals surface area contributed by atoms with Crippen LogP contribution in [0.25, 0.3) is 0 Å². The summed E-state index contributed by atoms with van der Waals surface area (Å²) in [6.45, 7) is 0.509. The number of benzene rings is 2. The second kappa shape index (κ2) is 6.45. The van der Waals surface area contributed by atoms with Gasteiger partial charge in [-0.1, -0.05) is 42.0 Å². The Hall–Kier alpha value is -1.98. The predicted octanol–water partition coefficient (Wildman–Crippen LogP) is 3.71. The SMILES string of the molecule is O=[N+]([O-])c1ccc(C(=S)NCc2ccccc2Cl)cc1. The van der Waals surface area contributed by atoms with E-state index in [0.717, 1.165) is 11.1 Å². The Morgan fingerprint density at radius 3 is 2.45 bits per heavy atom. The molecular weight excluding hydrogens is 296 g/mol. The molecule has 2 aromatic carbocycles. The standard InChI is InChI=1S/C14H11ClN2O2S/c15-13-4-2-1-3-11(13)9-16-14(20)10-5-7-12(8-6-10)17(18)19/h1-8H,9H2,(H,16,20). The first-order chi connectivity index (χ1) is 9.58. The molecule has 6 heteroatoms. The van der Waals surface area contributed by atoms with Gasteiger partial charge in [-0.3, -0.25) is 10.1 Å². The van der Waals surface area contributed by atoms with Crippen LogP contribution in [0.4, 0.5) is 5.69 Å². The Balaban J connectivity index is 2.02. The molecule has 20 heavy (non-hydrogen) atoms. The smallest absolute Gasteiger partial charge is 0.269 e. The highest BCUT2D eigenvalue weighted by molar-refractivity contribution is 7.80. The van der Waals surface area contributed by atoms with Crippen LogP contribution in [0.5, 0.6) is 0 Å². The van der Waals surface area contributed by atoms with Crippen LogP contribution in [0, 0.1) is 10.1 Å². The van der Waals surface area contributed by atoms with Crippen molar-refractivity contribution >= 4 is 34.5 Å². The summed E-state index contributed by atoms with van der Waals surface area (Å²) in [7, 11) is 0. The van der Waals surface area contributed by atoms with Gasteiger partial charge in [0.1, 0.15) is 4.99 Å². The van der Waals surface area contributed by atoms with Crippen molar-refractivity contribution in [2.75, 3.05) is 0 Å². The third-order valence-corrected chi connectivity index (χ3v) is 3.49. The van der Waals surface area contributed by atoms with Gasteiger partial charge in [0.2, 0.25) is 0 Å². The van der Waals surface area contributed by atoms with Crippen LogP contribution in [0.2, 0.25) is 5.02 Å². The first kappa shape index (κ1) is 14.4. The Kier molecular flexibility index (Phi) is 4.65. The van der Waals surface area contributed by atoms with Crippen molar-refractivity contribution in [3.05, 3.63) is 74.8 Å². The number of hydrogen-bond acceptors (Lipinski definition) is 3. The summed E-state index contributed by atoms with van der Waals surface area (Å²) in [6.07, 6.45) is 0. The number of rotatable bonds is 4. The molecule has 1 N–H and O–H groups in total. The maximum absolute atomic E-state index is 10.6. The van der Waals surface area contributed by atoms with Gasteiger partial charge in [0, 0.05) is 29.3 Å². The van der Waals surface area contributed by atoms with Crippen LogP contribution >= 0.6 is 23.8 Å². The van der Waals surface area contributed by atoms with E-state index in [4.69, 9.17) is 23.8 Å². The molecular formula is C14H11ClN2O2S. The van der Waals surface area contributed by atoms with Crippen molar-refractivity contribution < 1.29 is 4.92 Å². The molecule has 102 valence electrons. The van der Waals surface area contributed by atoms with Gasteiger partial charge in [-0.25, -0.2) is 0 Å². The van der Waals surface area contributed by atoms with Crippen LogP contribution in [-0.4, -0.2) is 9.91 Å². The minimum absolute atomic E-state index is 0.0441. The van der Waals surface area contributed by atoms with E-state index < -0.39 is 4.92 Å². The van der Waals surface area contributed by atoms with Crippen molar-refractivity contribution in [2.45, 2.75) is 6.54 Å². The second-order valence-electron chi connectivity index (χ2n) is 4.08. The number of nitro benzene ring substituents is 1. The summed E-state index contributed by atoms with van der Waals surface area (Å²) >= 11 is 11.3. The van der Waals surface area contributed by atoms with E-state index in [1.165, 1.54) is 12.1 Å². The average molecular weight is 307 g/mol. The molecule has 0 radical (unpaired) electrons. The normalized spacial score (nSPS) is 10.1. The zero-order valence-corrected chi connectivity index (χ0v) is 11.9. The molecule has 2 rings (SSSR count). The third-order valence-electron chi connectivity index (χ3n) is 2.74. The van der Waals surface area contributed by atoms with Gasteiger partial charge < -0.3 is 5.32 Å². The fourth-order valence-electron chi connectivity index (χ4n) is 1.65. The largest absolute Gasteiger partial charge is 0.372 e. The van der Waals surface area contributed by atoms with E-state index in [9.17, 15) is 10.1 Å². The highest BCUT2D eigenvalue weighted by Crippen LogP contribution is 2.15. The Labute approximate surface area is 126 Å². The van der Waals surface area contributed by atoms with Crippen LogP contribution in [-0.2, 0) is 6.54 Å². The molecule has 0 fully saturated rings. The van der Waals surface area contributed by atoms with E-state index in [0.29, 0.717) is 16.6 Å². The molecule has 4 nitrogen and oxygen atoms in total. The lowest BCUT2D eigenvalue weighted by Gasteiger charge is -2.09. The van der Waals surface area contributed by atoms with Crippen molar-refractivity contribution in [3.63, 3.8) is 0 Å². The van der Waals surface area contributed by atoms with Crippen LogP contribution in [0.1, 0.15) is 11.1 Å². The maximum atomic E-state index is 10.6. The molecule has 0 saturated heterocycles. The quantitative estimate of drug-likeness (QED) is 0.531. The van der Waals surface area contributed by atoms with Crippen LogP contribution in [0.3, 0.4) is 0 Å². The van der Waals surface area contributed by atoms with Gasteiger partial charge in [0.05, 0.1) is 4.92 Å². The molecule has 0 atom stereocenters. The zero-order chi connectivity index (χ0) is 14.5. The van der Waals surface area contributed by atoms with E-state index in [2.05, 4.69) is 5.32 Å².